The van der Waals surface area contributed by atoms with E-state index in [4.69, 9.17) is 12.8 Å². The third-order valence-electron chi connectivity index (χ3n) is 19.8. The van der Waals surface area contributed by atoms with E-state index >= 15 is 0 Å². The minimum Gasteiger partial charge on any atom is -0.304 e. The molecule has 0 radical (unpaired) electrons. The Morgan fingerprint density at radius 2 is 0.877 bits per heavy atom. The van der Waals surface area contributed by atoms with Gasteiger partial charge < -0.3 is 14.7 Å². The number of likely N-dealkylation sites (N-methyl/N-ethyl adjacent to an activating group) is 3. The van der Waals surface area contributed by atoms with Gasteiger partial charge in [0, 0.05) is 161 Å². The number of ketones is 3. The smallest absolute Gasteiger partial charge is 0.304 e. The van der Waals surface area contributed by atoms with Gasteiger partial charge in [0.2, 0.25) is 0 Å². The third-order valence-corrected chi connectivity index (χ3v) is 22.4. The van der Waals surface area contributed by atoms with Gasteiger partial charge >= 0.3 is 18.5 Å². The van der Waals surface area contributed by atoms with Crippen LogP contribution < -0.4 is 0 Å². The molecule has 0 spiro atoms. The van der Waals surface area contributed by atoms with Crippen molar-refractivity contribution in [1.29, 1.82) is 0 Å². The number of fused-ring (bicyclic) bond motifs is 2. The predicted octanol–water partition coefficient (Wildman–Crippen LogP) is 17.8. The first-order valence-electron chi connectivity index (χ1n) is 37.2. The SMILES string of the molecule is Brc1cnc2ccccn12.C#C[Si](C)(C)C.C#Cc1cc(C(=O)Cc2ccc(CN3CCN(C)CC3)c(C(F)(F)F)c2)ccc1C.Cc1ccc(C(=O)Cc2ccc(CN3CCN(C)CC3)c(C(F)(F)F)c2)cc1C#Cc1ncc2ccccn12.Cc1ccc(C(=O)Cc2ccc(CN3CCN(C)CC3)cc2C(F)(F)F)cc1I. The summed E-state index contributed by atoms with van der Waals surface area (Å²) in [5.41, 5.74) is 9.76. The Morgan fingerprint density at radius 3 is 1.35 bits per heavy atom. The lowest BCUT2D eigenvalue weighted by atomic mass is 9.96. The maximum absolute atomic E-state index is 14.0. The van der Waals surface area contributed by atoms with E-state index in [2.05, 4.69) is 111 Å². The van der Waals surface area contributed by atoms with Crippen LogP contribution in [0.1, 0.15) is 115 Å². The van der Waals surface area contributed by atoms with Crippen LogP contribution in [-0.4, -0.2) is 173 Å². The molecule has 114 heavy (non-hydrogen) atoms. The van der Waals surface area contributed by atoms with Crippen LogP contribution in [0, 0.1) is 60.5 Å². The molecule has 7 heterocycles. The highest BCUT2D eigenvalue weighted by Gasteiger charge is 2.37. The zero-order valence-corrected chi connectivity index (χ0v) is 70.1. The summed E-state index contributed by atoms with van der Waals surface area (Å²) in [6, 6.07) is 40.0. The van der Waals surface area contributed by atoms with E-state index in [0.717, 1.165) is 127 Å². The number of alkyl halides is 9. The Hall–Kier alpha value is -9.05. The number of benzene rings is 6. The summed E-state index contributed by atoms with van der Waals surface area (Å²) in [7, 11) is 4.95. The van der Waals surface area contributed by atoms with Crippen LogP contribution >= 0.6 is 38.5 Å². The van der Waals surface area contributed by atoms with Crippen LogP contribution in [0.25, 0.3) is 11.2 Å². The molecule has 0 N–H and O–H groups in total. The van der Waals surface area contributed by atoms with Crippen LogP contribution in [-0.2, 0) is 57.4 Å². The number of pyridine rings is 2. The van der Waals surface area contributed by atoms with Crippen molar-refractivity contribution in [2.45, 2.75) is 97.8 Å². The second-order valence-electron chi connectivity index (χ2n) is 29.9. The quantitative estimate of drug-likeness (QED) is 0.0322. The first kappa shape index (κ1) is 88.9. The van der Waals surface area contributed by atoms with E-state index in [-0.39, 0.29) is 66.4 Å². The highest BCUT2D eigenvalue weighted by molar-refractivity contribution is 14.1. The number of carbonyl (C=O) groups excluding carboxylic acids is 3. The predicted molar refractivity (Wildman–Crippen MR) is 447 cm³/mol. The van der Waals surface area contributed by atoms with Crippen LogP contribution in [0.5, 0.6) is 0 Å². The molecule has 598 valence electrons. The Balaban J connectivity index is 0.000000179. The van der Waals surface area contributed by atoms with Crippen molar-refractivity contribution in [2.24, 2.45) is 0 Å². The lowest BCUT2D eigenvalue weighted by molar-refractivity contribution is -0.139. The highest BCUT2D eigenvalue weighted by Crippen LogP contribution is 2.37. The summed E-state index contributed by atoms with van der Waals surface area (Å²) in [5.74, 6) is 8.45. The fraction of sp³-hybridized carbons (Fsp3) is 0.337. The van der Waals surface area contributed by atoms with Gasteiger partial charge in [0.15, 0.2) is 23.2 Å². The number of piperazine rings is 3. The van der Waals surface area contributed by atoms with Crippen molar-refractivity contribution in [2.75, 3.05) is 99.7 Å². The van der Waals surface area contributed by atoms with Crippen molar-refractivity contribution >= 4 is 75.1 Å². The van der Waals surface area contributed by atoms with E-state index in [0.29, 0.717) is 56.9 Å². The van der Waals surface area contributed by atoms with Crippen molar-refractivity contribution < 1.29 is 53.9 Å². The minimum atomic E-state index is -4.50. The number of carbonyl (C=O) groups is 3. The van der Waals surface area contributed by atoms with E-state index < -0.39 is 43.3 Å². The molecular formula is C89H93BrF9IN10O3Si. The van der Waals surface area contributed by atoms with Crippen molar-refractivity contribution in [1.82, 2.24) is 48.2 Å². The van der Waals surface area contributed by atoms with E-state index in [1.54, 1.807) is 79.1 Å². The van der Waals surface area contributed by atoms with Gasteiger partial charge in [-0.1, -0.05) is 116 Å². The molecule has 3 saturated heterocycles. The number of hydrogen-bond donors (Lipinski definition) is 0. The van der Waals surface area contributed by atoms with Gasteiger partial charge in [0.25, 0.3) is 0 Å². The molecule has 0 unspecified atom stereocenters. The van der Waals surface area contributed by atoms with Gasteiger partial charge in [-0.15, -0.1) is 18.4 Å². The molecule has 0 atom stereocenters. The maximum Gasteiger partial charge on any atom is 0.416 e. The molecule has 0 aliphatic carbocycles. The second kappa shape index (κ2) is 40.0. The van der Waals surface area contributed by atoms with Gasteiger partial charge in [0.1, 0.15) is 18.3 Å². The molecule has 25 heteroatoms. The first-order chi connectivity index (χ1) is 53.9. The lowest BCUT2D eigenvalue weighted by Crippen LogP contribution is -2.44. The number of Topliss-reactive ketones (excluding diaryl/α,β-unsaturated/α-hetero) is 3. The van der Waals surface area contributed by atoms with E-state index in [1.165, 1.54) is 24.3 Å². The third kappa shape index (κ3) is 26.0. The zero-order chi connectivity index (χ0) is 82.8. The standard InChI is InChI=1S/C31H29F3N4O.C24H25F3N2O.C22H24F3IN2O.C7H5BrN2.C5H10Si/c1-22-6-8-25(19-24(22)10-11-30-35-20-27-5-3-4-12-38(27)30)29(39)18-23-7-9-26(28(17-23)31(32,33)34)21-37-15-13-36(2)14-16-37;1-4-19-15-20(7-5-17(19)2)23(30)14-18-6-8-21(22(13-18)24(25,26)27)16-29-11-9-28(3)10-12-29;1-15-3-5-18(12-20(15)26)21(29)13-17-6-4-16(11-19(17)22(23,24)25)14-28-9-7-27(2)8-10-28;8-6-5-9-7-3-1-2-4-10(6)7;1-5-6(2,3)4/h3-9,12,17,19-20H,13-16,18,21H2,1-2H3;1,5-8,13,15H,9-12,14,16H2,2-3H3;3-6,11-12H,7-10,13-14H2,1-2H3;1-5H;1H,2-4H3. The largest absolute Gasteiger partial charge is 0.416 e. The average Bonchev–Trinajstić information content (AvgIpc) is 1.18. The Labute approximate surface area is 685 Å². The topological polar surface area (TPSA) is 105 Å². The first-order valence-corrected chi connectivity index (χ1v) is 42.6. The van der Waals surface area contributed by atoms with Gasteiger partial charge in [-0.05, 0) is 197 Å². The number of imidazole rings is 2. The minimum absolute atomic E-state index is 0.0280. The fourth-order valence-electron chi connectivity index (χ4n) is 12.7. The number of hydrogen-bond acceptors (Lipinski definition) is 11. The Morgan fingerprint density at radius 1 is 0.465 bits per heavy atom. The molecule has 6 aromatic carbocycles. The van der Waals surface area contributed by atoms with Crippen molar-refractivity contribution in [3.8, 4) is 36.2 Å². The highest BCUT2D eigenvalue weighted by atomic mass is 127. The fourth-order valence-corrected chi connectivity index (χ4v) is 13.6. The number of terminal acetylenes is 2. The normalized spacial score (nSPS) is 14.8. The van der Waals surface area contributed by atoms with Crippen LogP contribution in [0.2, 0.25) is 19.6 Å². The number of nitrogens with zero attached hydrogens (tertiary/aromatic N) is 10. The maximum atomic E-state index is 14.0. The summed E-state index contributed by atoms with van der Waals surface area (Å²) < 4.78 is 130. The molecule has 0 bridgehead atoms. The van der Waals surface area contributed by atoms with Gasteiger partial charge in [-0.25, -0.2) is 9.97 Å². The summed E-state index contributed by atoms with van der Waals surface area (Å²) in [4.78, 5) is 59.6. The molecule has 3 aliphatic heterocycles. The van der Waals surface area contributed by atoms with E-state index in [1.807, 2.05) is 115 Å². The molecule has 3 fully saturated rings. The van der Waals surface area contributed by atoms with Crippen LogP contribution in [0.4, 0.5) is 39.5 Å². The molecule has 0 amide bonds. The molecule has 13 nitrogen and oxygen atoms in total. The molecule has 13 rings (SSSR count). The summed E-state index contributed by atoms with van der Waals surface area (Å²) in [6.45, 7) is 22.8. The number of rotatable bonds is 15. The van der Waals surface area contributed by atoms with Crippen LogP contribution in [0.3, 0.4) is 0 Å². The Bertz CT molecular complexity index is 5180. The second-order valence-corrected chi connectivity index (χ2v) is 36.7. The number of aromatic nitrogens is 4. The summed E-state index contributed by atoms with van der Waals surface area (Å²) in [5, 5.41) is 0. The lowest BCUT2D eigenvalue weighted by Gasteiger charge is -2.33. The van der Waals surface area contributed by atoms with Crippen molar-refractivity contribution in [3.05, 3.63) is 279 Å². The zero-order valence-electron chi connectivity index (χ0n) is 65.4. The molecule has 3 aliphatic rings. The van der Waals surface area contributed by atoms with E-state index in [9.17, 15) is 53.9 Å². The van der Waals surface area contributed by atoms with Gasteiger partial charge in [-0.3, -0.25) is 37.9 Å². The molecular weight excluding hydrogens is 1660 g/mol. The molecule has 10 aromatic rings. The van der Waals surface area contributed by atoms with Crippen LogP contribution in [0.15, 0.2) is 175 Å². The molecule has 4 aromatic heterocycles. The monoisotopic (exact) mass is 1750 g/mol. The summed E-state index contributed by atoms with van der Waals surface area (Å²) >= 11 is 5.49. The average molecular weight is 1760 g/mol. The van der Waals surface area contributed by atoms with Gasteiger partial charge in [-0.2, -0.15) is 39.5 Å². The van der Waals surface area contributed by atoms with Gasteiger partial charge in [0.05, 0.1) is 34.6 Å². The number of halogens is 11. The summed E-state index contributed by atoms with van der Waals surface area (Å²) in [6.07, 6.45) is 3.98. The Kier molecular flexibility index (Phi) is 31.2. The van der Waals surface area contributed by atoms with Crippen molar-refractivity contribution in [3.63, 3.8) is 0 Å². The molecule has 0 saturated carbocycles. The number of aryl methyl sites for hydroxylation is 3.